The summed E-state index contributed by atoms with van der Waals surface area (Å²) in [5.41, 5.74) is 1.08. The molecule has 1 amide bonds. The van der Waals surface area contributed by atoms with Crippen LogP contribution < -0.4 is 5.32 Å². The number of aliphatic hydroxyl groups is 1. The largest absolute Gasteiger partial charge is 0.395 e. The first-order chi connectivity index (χ1) is 7.83. The van der Waals surface area contributed by atoms with E-state index in [-0.39, 0.29) is 18.4 Å². The maximum atomic E-state index is 12.0. The Morgan fingerprint density at radius 1 is 1.38 bits per heavy atom. The summed E-state index contributed by atoms with van der Waals surface area (Å²) < 4.78 is 0. The summed E-state index contributed by atoms with van der Waals surface area (Å²) in [5, 5.41) is 11.5. The summed E-state index contributed by atoms with van der Waals surface area (Å²) in [7, 11) is 0. The zero-order chi connectivity index (χ0) is 11.4. The van der Waals surface area contributed by atoms with E-state index >= 15 is 0 Å². The fourth-order valence-electron chi connectivity index (χ4n) is 2.02. The zero-order valence-corrected chi connectivity index (χ0v) is 9.23. The molecule has 1 aliphatic rings. The molecule has 3 nitrogen and oxygen atoms in total. The molecule has 1 fully saturated rings. The Morgan fingerprint density at radius 2 is 2.06 bits per heavy atom. The molecule has 0 spiro atoms. The van der Waals surface area contributed by atoms with Crippen LogP contribution in [0.4, 0.5) is 0 Å². The summed E-state index contributed by atoms with van der Waals surface area (Å²) in [6.07, 6.45) is 2.26. The second kappa shape index (κ2) is 5.12. The normalized spacial score (nSPS) is 16.8. The molecule has 0 radical (unpaired) electrons. The molecule has 16 heavy (non-hydrogen) atoms. The average molecular weight is 219 g/mol. The van der Waals surface area contributed by atoms with Gasteiger partial charge in [0.25, 0.3) is 0 Å². The van der Waals surface area contributed by atoms with Gasteiger partial charge in [-0.15, -0.1) is 0 Å². The van der Waals surface area contributed by atoms with Crippen LogP contribution in [0, 0.1) is 5.92 Å². The van der Waals surface area contributed by atoms with E-state index in [1.807, 2.05) is 30.3 Å². The highest BCUT2D eigenvalue weighted by Crippen LogP contribution is 2.42. The summed E-state index contributed by atoms with van der Waals surface area (Å²) in [6.45, 7) is 0.340. The third-order valence-corrected chi connectivity index (χ3v) is 2.95. The van der Waals surface area contributed by atoms with Gasteiger partial charge in [-0.1, -0.05) is 30.3 Å². The number of benzene rings is 1. The highest BCUT2D eigenvalue weighted by atomic mass is 16.3. The molecule has 1 unspecified atom stereocenters. The second-order valence-corrected chi connectivity index (χ2v) is 4.24. The van der Waals surface area contributed by atoms with E-state index in [1.54, 1.807) is 0 Å². The Kier molecular flexibility index (Phi) is 3.57. The Labute approximate surface area is 95.5 Å². The molecule has 1 aromatic rings. The molecule has 0 aromatic heterocycles. The predicted octanol–water partition coefficient (Wildman–Crippen LogP) is 1.29. The van der Waals surface area contributed by atoms with Crippen molar-refractivity contribution in [1.82, 2.24) is 5.32 Å². The molecule has 0 heterocycles. The number of carbonyl (C=O) groups excluding carboxylic acids is 1. The first kappa shape index (κ1) is 11.1. The molecule has 86 valence electrons. The number of rotatable bonds is 5. The van der Waals surface area contributed by atoms with E-state index in [2.05, 4.69) is 5.32 Å². The Bertz CT molecular complexity index is 346. The quantitative estimate of drug-likeness (QED) is 0.784. The number of nitrogens with one attached hydrogen (secondary N) is 1. The van der Waals surface area contributed by atoms with Crippen molar-refractivity contribution in [2.45, 2.75) is 18.8 Å². The predicted molar refractivity (Wildman–Crippen MR) is 62.0 cm³/mol. The third kappa shape index (κ3) is 2.61. The maximum Gasteiger partial charge on any atom is 0.227 e. The molecule has 1 aromatic carbocycles. The molecular weight excluding hydrogens is 202 g/mol. The lowest BCUT2D eigenvalue weighted by Crippen LogP contribution is -2.32. The molecule has 0 aliphatic heterocycles. The minimum atomic E-state index is -0.0345. The number of hydrogen-bond acceptors (Lipinski definition) is 2. The van der Waals surface area contributed by atoms with Crippen LogP contribution in [0.15, 0.2) is 30.3 Å². The van der Waals surface area contributed by atoms with Gasteiger partial charge in [-0.3, -0.25) is 4.79 Å². The summed E-state index contributed by atoms with van der Waals surface area (Å²) in [6, 6.07) is 9.89. The highest BCUT2D eigenvalue weighted by molar-refractivity contribution is 5.84. The minimum Gasteiger partial charge on any atom is -0.395 e. The molecule has 2 N–H and O–H groups in total. The van der Waals surface area contributed by atoms with Crippen LogP contribution in [0.1, 0.15) is 24.3 Å². The van der Waals surface area contributed by atoms with E-state index in [4.69, 9.17) is 5.11 Å². The average Bonchev–Trinajstić information content (AvgIpc) is 3.12. The van der Waals surface area contributed by atoms with Crippen LogP contribution in [-0.2, 0) is 4.79 Å². The van der Waals surface area contributed by atoms with E-state index in [1.165, 1.54) is 0 Å². The van der Waals surface area contributed by atoms with Crippen molar-refractivity contribution in [3.8, 4) is 0 Å². The number of aliphatic hydroxyl groups excluding tert-OH is 1. The molecule has 1 saturated carbocycles. The van der Waals surface area contributed by atoms with Crippen molar-refractivity contribution >= 4 is 5.91 Å². The topological polar surface area (TPSA) is 49.3 Å². The molecule has 1 aliphatic carbocycles. The molecular formula is C13H17NO2. The zero-order valence-electron chi connectivity index (χ0n) is 9.23. The SMILES string of the molecule is O=C(NCCO)C(c1ccccc1)C1CC1. The van der Waals surface area contributed by atoms with Crippen LogP contribution in [0.5, 0.6) is 0 Å². The van der Waals surface area contributed by atoms with Gasteiger partial charge in [-0.2, -0.15) is 0 Å². The Balaban J connectivity index is 2.08. The van der Waals surface area contributed by atoms with Gasteiger partial charge in [0.05, 0.1) is 12.5 Å². The van der Waals surface area contributed by atoms with E-state index in [0.29, 0.717) is 12.5 Å². The lowest BCUT2D eigenvalue weighted by molar-refractivity contribution is -0.123. The fraction of sp³-hybridized carbons (Fsp3) is 0.462. The van der Waals surface area contributed by atoms with Gasteiger partial charge in [0.2, 0.25) is 5.91 Å². The van der Waals surface area contributed by atoms with E-state index in [0.717, 1.165) is 18.4 Å². The van der Waals surface area contributed by atoms with Crippen LogP contribution in [-0.4, -0.2) is 24.2 Å². The highest BCUT2D eigenvalue weighted by Gasteiger charge is 2.36. The lowest BCUT2D eigenvalue weighted by atomic mass is 9.93. The summed E-state index contributed by atoms with van der Waals surface area (Å²) >= 11 is 0. The first-order valence-electron chi connectivity index (χ1n) is 5.76. The van der Waals surface area contributed by atoms with Crippen molar-refractivity contribution in [2.24, 2.45) is 5.92 Å². The number of carbonyl (C=O) groups is 1. The van der Waals surface area contributed by atoms with Crippen molar-refractivity contribution in [3.05, 3.63) is 35.9 Å². The number of hydrogen-bond donors (Lipinski definition) is 2. The van der Waals surface area contributed by atoms with Crippen molar-refractivity contribution in [2.75, 3.05) is 13.2 Å². The Hall–Kier alpha value is -1.35. The van der Waals surface area contributed by atoms with Crippen LogP contribution in [0.3, 0.4) is 0 Å². The smallest absolute Gasteiger partial charge is 0.227 e. The van der Waals surface area contributed by atoms with Crippen molar-refractivity contribution < 1.29 is 9.90 Å². The lowest BCUT2D eigenvalue weighted by Gasteiger charge is -2.16. The van der Waals surface area contributed by atoms with Gasteiger partial charge in [0.15, 0.2) is 0 Å². The van der Waals surface area contributed by atoms with Crippen LogP contribution in [0.2, 0.25) is 0 Å². The van der Waals surface area contributed by atoms with E-state index < -0.39 is 0 Å². The third-order valence-electron chi connectivity index (χ3n) is 2.95. The first-order valence-corrected chi connectivity index (χ1v) is 5.76. The van der Waals surface area contributed by atoms with Crippen molar-refractivity contribution in [3.63, 3.8) is 0 Å². The molecule has 1 atom stereocenters. The maximum absolute atomic E-state index is 12.0. The van der Waals surface area contributed by atoms with Gasteiger partial charge in [0.1, 0.15) is 0 Å². The van der Waals surface area contributed by atoms with E-state index in [9.17, 15) is 4.79 Å². The molecule has 2 rings (SSSR count). The summed E-state index contributed by atoms with van der Waals surface area (Å²) in [5.74, 6) is 0.497. The van der Waals surface area contributed by atoms with Crippen molar-refractivity contribution in [1.29, 1.82) is 0 Å². The molecule has 0 bridgehead atoms. The summed E-state index contributed by atoms with van der Waals surface area (Å²) in [4.78, 5) is 12.0. The fourth-order valence-corrected chi connectivity index (χ4v) is 2.02. The standard InChI is InChI=1S/C13H17NO2/c15-9-8-14-13(16)12(11-6-7-11)10-4-2-1-3-5-10/h1-5,11-12,15H,6-9H2,(H,14,16). The van der Waals surface area contributed by atoms with Gasteiger partial charge in [-0.25, -0.2) is 0 Å². The Morgan fingerprint density at radius 3 is 2.62 bits per heavy atom. The van der Waals surface area contributed by atoms with Gasteiger partial charge < -0.3 is 10.4 Å². The molecule has 3 heteroatoms. The van der Waals surface area contributed by atoms with Gasteiger partial charge >= 0.3 is 0 Å². The number of amides is 1. The monoisotopic (exact) mass is 219 g/mol. The van der Waals surface area contributed by atoms with Crippen LogP contribution in [0.25, 0.3) is 0 Å². The second-order valence-electron chi connectivity index (χ2n) is 4.24. The molecule has 0 saturated heterocycles. The van der Waals surface area contributed by atoms with Crippen LogP contribution >= 0.6 is 0 Å². The van der Waals surface area contributed by atoms with Gasteiger partial charge in [-0.05, 0) is 24.3 Å². The van der Waals surface area contributed by atoms with Gasteiger partial charge in [0, 0.05) is 6.54 Å². The minimum absolute atomic E-state index is 0.00207.